The standard InChI is InChI=1S/C11H21NO7/c1-2-3-4-18-11(17)12-10-9(16)8(15)7(14)6(5-13)19-10/h6-10,13-16H,2-5H2,1H3,(H,12,17)/t6-,7+,8+,9+,10-/m0/s1. The second-order valence-corrected chi connectivity index (χ2v) is 4.38. The number of aliphatic hydroxyl groups excluding tert-OH is 4. The average molecular weight is 279 g/mol. The maximum absolute atomic E-state index is 11.4. The topological polar surface area (TPSA) is 128 Å². The summed E-state index contributed by atoms with van der Waals surface area (Å²) in [6.07, 6.45) is -5.99. The first-order chi connectivity index (χ1) is 9.01. The average Bonchev–Trinajstić information content (AvgIpc) is 2.39. The van der Waals surface area contributed by atoms with Crippen LogP contribution in [0.5, 0.6) is 0 Å². The van der Waals surface area contributed by atoms with Crippen molar-refractivity contribution in [3.8, 4) is 0 Å². The first-order valence-electron chi connectivity index (χ1n) is 6.25. The molecule has 8 heteroatoms. The van der Waals surface area contributed by atoms with Gasteiger partial charge in [0.05, 0.1) is 13.2 Å². The van der Waals surface area contributed by atoms with Crippen molar-refractivity contribution in [2.24, 2.45) is 0 Å². The third-order valence-corrected chi connectivity index (χ3v) is 2.88. The molecule has 0 spiro atoms. The molecule has 1 rings (SSSR count). The van der Waals surface area contributed by atoms with Crippen LogP contribution >= 0.6 is 0 Å². The van der Waals surface area contributed by atoms with Gasteiger partial charge in [0, 0.05) is 0 Å². The van der Waals surface area contributed by atoms with Crippen LogP contribution in [0.3, 0.4) is 0 Å². The van der Waals surface area contributed by atoms with Crippen LogP contribution in [0, 0.1) is 0 Å². The molecule has 5 atom stereocenters. The van der Waals surface area contributed by atoms with Crippen LogP contribution in [0.25, 0.3) is 0 Å². The van der Waals surface area contributed by atoms with Crippen LogP contribution in [0.4, 0.5) is 4.79 Å². The smallest absolute Gasteiger partial charge is 0.409 e. The molecule has 0 radical (unpaired) electrons. The van der Waals surface area contributed by atoms with Gasteiger partial charge in [-0.15, -0.1) is 0 Å². The summed E-state index contributed by atoms with van der Waals surface area (Å²) < 4.78 is 9.90. The Bertz CT molecular complexity index is 286. The molecule has 0 aromatic carbocycles. The molecule has 112 valence electrons. The number of amides is 1. The second-order valence-electron chi connectivity index (χ2n) is 4.38. The summed E-state index contributed by atoms with van der Waals surface area (Å²) >= 11 is 0. The molecule has 19 heavy (non-hydrogen) atoms. The van der Waals surface area contributed by atoms with Gasteiger partial charge in [-0.05, 0) is 6.42 Å². The lowest BCUT2D eigenvalue weighted by atomic mass is 9.98. The van der Waals surface area contributed by atoms with Crippen molar-refractivity contribution in [2.75, 3.05) is 13.2 Å². The lowest BCUT2D eigenvalue weighted by Gasteiger charge is -2.39. The maximum atomic E-state index is 11.4. The lowest BCUT2D eigenvalue weighted by Crippen LogP contribution is -2.63. The Labute approximate surface area is 110 Å². The Morgan fingerprint density at radius 3 is 2.53 bits per heavy atom. The highest BCUT2D eigenvalue weighted by molar-refractivity contribution is 5.67. The molecule has 0 saturated carbocycles. The van der Waals surface area contributed by atoms with E-state index in [0.717, 1.165) is 6.42 Å². The zero-order chi connectivity index (χ0) is 14.4. The first-order valence-corrected chi connectivity index (χ1v) is 6.25. The minimum Gasteiger partial charge on any atom is -0.450 e. The third-order valence-electron chi connectivity index (χ3n) is 2.88. The van der Waals surface area contributed by atoms with E-state index in [0.29, 0.717) is 6.42 Å². The van der Waals surface area contributed by atoms with Gasteiger partial charge in [-0.1, -0.05) is 13.3 Å². The third kappa shape index (κ3) is 4.29. The van der Waals surface area contributed by atoms with Gasteiger partial charge >= 0.3 is 6.09 Å². The summed E-state index contributed by atoms with van der Waals surface area (Å²) in [7, 11) is 0. The summed E-state index contributed by atoms with van der Waals surface area (Å²) in [5, 5.41) is 39.9. The van der Waals surface area contributed by atoms with Gasteiger partial charge < -0.3 is 29.9 Å². The van der Waals surface area contributed by atoms with Crippen molar-refractivity contribution in [1.29, 1.82) is 0 Å². The van der Waals surface area contributed by atoms with Gasteiger partial charge in [-0.25, -0.2) is 4.79 Å². The quantitative estimate of drug-likeness (QED) is 0.380. The Morgan fingerprint density at radius 1 is 1.26 bits per heavy atom. The van der Waals surface area contributed by atoms with Crippen molar-refractivity contribution in [3.63, 3.8) is 0 Å². The second kappa shape index (κ2) is 7.61. The van der Waals surface area contributed by atoms with Gasteiger partial charge in [0.15, 0.2) is 6.23 Å². The van der Waals surface area contributed by atoms with E-state index in [-0.39, 0.29) is 6.61 Å². The number of alkyl carbamates (subject to hydrolysis) is 1. The highest BCUT2D eigenvalue weighted by Crippen LogP contribution is 2.19. The minimum atomic E-state index is -1.52. The van der Waals surface area contributed by atoms with E-state index in [2.05, 4.69) is 5.32 Å². The number of unbranched alkanes of at least 4 members (excludes halogenated alkanes) is 1. The zero-order valence-electron chi connectivity index (χ0n) is 10.7. The van der Waals surface area contributed by atoms with E-state index < -0.39 is 43.3 Å². The molecular weight excluding hydrogens is 258 g/mol. The Morgan fingerprint density at radius 2 is 1.95 bits per heavy atom. The van der Waals surface area contributed by atoms with Crippen LogP contribution in [0.2, 0.25) is 0 Å². The van der Waals surface area contributed by atoms with E-state index in [1.165, 1.54) is 0 Å². The normalized spacial score (nSPS) is 34.9. The monoisotopic (exact) mass is 279 g/mol. The molecular formula is C11H21NO7. The van der Waals surface area contributed by atoms with Gasteiger partial charge in [0.25, 0.3) is 0 Å². The van der Waals surface area contributed by atoms with Gasteiger partial charge in [0.2, 0.25) is 0 Å². The first kappa shape index (κ1) is 16.1. The zero-order valence-corrected chi connectivity index (χ0v) is 10.7. The van der Waals surface area contributed by atoms with Crippen molar-refractivity contribution in [2.45, 2.75) is 50.4 Å². The van der Waals surface area contributed by atoms with E-state index in [9.17, 15) is 20.1 Å². The van der Waals surface area contributed by atoms with Crippen molar-refractivity contribution >= 4 is 6.09 Å². The van der Waals surface area contributed by atoms with Crippen LogP contribution < -0.4 is 5.32 Å². The van der Waals surface area contributed by atoms with Crippen LogP contribution in [-0.4, -0.2) is 70.4 Å². The molecule has 1 saturated heterocycles. The lowest BCUT2D eigenvalue weighted by molar-refractivity contribution is -0.234. The van der Waals surface area contributed by atoms with Gasteiger partial charge in [-0.3, -0.25) is 5.32 Å². The maximum Gasteiger partial charge on any atom is 0.409 e. The van der Waals surface area contributed by atoms with E-state index in [4.69, 9.17) is 14.6 Å². The highest BCUT2D eigenvalue weighted by atomic mass is 16.6. The molecule has 1 aliphatic rings. The van der Waals surface area contributed by atoms with E-state index in [1.54, 1.807) is 0 Å². The Kier molecular flexibility index (Phi) is 6.46. The largest absolute Gasteiger partial charge is 0.450 e. The number of hydrogen-bond acceptors (Lipinski definition) is 7. The molecule has 0 aliphatic carbocycles. The number of aliphatic hydroxyl groups is 4. The fraction of sp³-hybridized carbons (Fsp3) is 0.909. The number of rotatable bonds is 5. The Hall–Kier alpha value is -0.930. The molecule has 5 N–H and O–H groups in total. The number of nitrogens with one attached hydrogen (secondary N) is 1. The molecule has 1 heterocycles. The summed E-state index contributed by atoms with van der Waals surface area (Å²) in [4.78, 5) is 11.4. The number of carbonyl (C=O) groups is 1. The molecule has 0 unspecified atom stereocenters. The molecule has 0 aromatic rings. The number of hydrogen-bond donors (Lipinski definition) is 5. The van der Waals surface area contributed by atoms with Gasteiger partial charge in [-0.2, -0.15) is 0 Å². The summed E-state index contributed by atoms with van der Waals surface area (Å²) in [6.45, 7) is 1.63. The van der Waals surface area contributed by atoms with E-state index >= 15 is 0 Å². The Balaban J connectivity index is 2.49. The van der Waals surface area contributed by atoms with Crippen molar-refractivity contribution in [3.05, 3.63) is 0 Å². The summed E-state index contributed by atoms with van der Waals surface area (Å²) in [5.41, 5.74) is 0. The van der Waals surface area contributed by atoms with Crippen LogP contribution in [0.1, 0.15) is 19.8 Å². The molecule has 1 aliphatic heterocycles. The summed E-state index contributed by atoms with van der Waals surface area (Å²) in [6, 6.07) is 0. The van der Waals surface area contributed by atoms with Crippen LogP contribution in [-0.2, 0) is 9.47 Å². The SMILES string of the molecule is CCCCOC(=O)N[C@H]1O[C@@H](CO)[C@@H](O)[C@@H](O)[C@H]1O. The highest BCUT2D eigenvalue weighted by Gasteiger charge is 2.44. The molecule has 1 fully saturated rings. The predicted octanol–water partition coefficient (Wildman–Crippen LogP) is -1.69. The molecule has 0 bridgehead atoms. The minimum absolute atomic E-state index is 0.236. The van der Waals surface area contributed by atoms with Crippen molar-refractivity contribution in [1.82, 2.24) is 5.32 Å². The van der Waals surface area contributed by atoms with E-state index in [1.807, 2.05) is 6.92 Å². The van der Waals surface area contributed by atoms with Crippen molar-refractivity contribution < 1.29 is 34.7 Å². The van der Waals surface area contributed by atoms with Gasteiger partial charge in [0.1, 0.15) is 24.4 Å². The summed E-state index contributed by atoms with van der Waals surface area (Å²) in [5.74, 6) is 0. The molecule has 0 aromatic heterocycles. The fourth-order valence-corrected chi connectivity index (χ4v) is 1.69. The number of ether oxygens (including phenoxy) is 2. The van der Waals surface area contributed by atoms with Crippen LogP contribution in [0.15, 0.2) is 0 Å². The number of carbonyl (C=O) groups excluding carboxylic acids is 1. The molecule has 1 amide bonds. The predicted molar refractivity (Wildman–Crippen MR) is 63.2 cm³/mol. The molecule has 8 nitrogen and oxygen atoms in total. The fourth-order valence-electron chi connectivity index (χ4n) is 1.69.